The van der Waals surface area contributed by atoms with Crippen molar-refractivity contribution < 1.29 is 9.53 Å². The van der Waals surface area contributed by atoms with Crippen LogP contribution in [0.2, 0.25) is 0 Å². The van der Waals surface area contributed by atoms with Gasteiger partial charge in [-0.05, 0) is 31.2 Å². The molecule has 0 fully saturated rings. The molecular weight excluding hydrogens is 262 g/mol. The van der Waals surface area contributed by atoms with Crippen LogP contribution in [0.3, 0.4) is 0 Å². The number of hydrogen-bond donors (Lipinski definition) is 0. The van der Waals surface area contributed by atoms with Crippen molar-refractivity contribution in [2.75, 3.05) is 6.61 Å². The summed E-state index contributed by atoms with van der Waals surface area (Å²) >= 11 is 0. The average molecular weight is 277 g/mol. The third kappa shape index (κ3) is 2.63. The molecule has 0 spiro atoms. The van der Waals surface area contributed by atoms with E-state index in [2.05, 4.69) is 4.98 Å². The molecule has 0 unspecified atom stereocenters. The second kappa shape index (κ2) is 5.75. The molecule has 0 bridgehead atoms. The monoisotopic (exact) mass is 277 g/mol. The van der Waals surface area contributed by atoms with E-state index in [0.717, 1.165) is 10.9 Å². The SMILES string of the molecule is CCOc1ccccc1C(=O)c1cnc2ccccc2c1. The Labute approximate surface area is 123 Å². The molecule has 3 aromatic rings. The zero-order valence-electron chi connectivity index (χ0n) is 11.7. The van der Waals surface area contributed by atoms with E-state index in [9.17, 15) is 4.79 Å². The van der Waals surface area contributed by atoms with E-state index >= 15 is 0 Å². The van der Waals surface area contributed by atoms with Crippen molar-refractivity contribution in [1.29, 1.82) is 0 Å². The molecule has 0 aliphatic carbocycles. The van der Waals surface area contributed by atoms with Gasteiger partial charge in [-0.25, -0.2) is 0 Å². The highest BCUT2D eigenvalue weighted by atomic mass is 16.5. The summed E-state index contributed by atoms with van der Waals surface area (Å²) in [7, 11) is 0. The number of pyridine rings is 1. The van der Waals surface area contributed by atoms with Gasteiger partial charge in [-0.2, -0.15) is 0 Å². The van der Waals surface area contributed by atoms with E-state index in [1.165, 1.54) is 0 Å². The molecule has 0 aliphatic rings. The zero-order chi connectivity index (χ0) is 14.7. The molecule has 1 heterocycles. The summed E-state index contributed by atoms with van der Waals surface area (Å²) in [6, 6.07) is 16.9. The standard InChI is InChI=1S/C18H15NO2/c1-2-21-17-10-6-4-8-15(17)18(20)14-11-13-7-3-5-9-16(13)19-12-14/h3-12H,2H2,1H3. The van der Waals surface area contributed by atoms with Gasteiger partial charge < -0.3 is 4.74 Å². The summed E-state index contributed by atoms with van der Waals surface area (Å²) in [5, 5.41) is 0.956. The molecule has 21 heavy (non-hydrogen) atoms. The number of ketones is 1. The van der Waals surface area contributed by atoms with Gasteiger partial charge in [0.15, 0.2) is 5.78 Å². The van der Waals surface area contributed by atoms with Gasteiger partial charge in [0.25, 0.3) is 0 Å². The van der Waals surface area contributed by atoms with Crippen molar-refractivity contribution >= 4 is 16.7 Å². The second-order valence-corrected chi connectivity index (χ2v) is 4.67. The topological polar surface area (TPSA) is 39.2 Å². The number of nitrogens with zero attached hydrogens (tertiary/aromatic N) is 1. The summed E-state index contributed by atoms with van der Waals surface area (Å²) in [4.78, 5) is 17.0. The van der Waals surface area contributed by atoms with Gasteiger partial charge in [0, 0.05) is 17.1 Å². The number of carbonyl (C=O) groups excluding carboxylic acids is 1. The lowest BCUT2D eigenvalue weighted by molar-refractivity contribution is 0.103. The zero-order valence-corrected chi connectivity index (χ0v) is 11.7. The summed E-state index contributed by atoms with van der Waals surface area (Å²) in [5.74, 6) is 0.537. The number of aromatic nitrogens is 1. The maximum Gasteiger partial charge on any atom is 0.198 e. The minimum absolute atomic E-state index is 0.0719. The van der Waals surface area contributed by atoms with Crippen molar-refractivity contribution in [2.24, 2.45) is 0 Å². The lowest BCUT2D eigenvalue weighted by Crippen LogP contribution is -2.05. The fraction of sp³-hybridized carbons (Fsp3) is 0.111. The third-order valence-electron chi connectivity index (χ3n) is 3.28. The number of carbonyl (C=O) groups is 1. The maximum atomic E-state index is 12.7. The Morgan fingerprint density at radius 1 is 1.10 bits per heavy atom. The Kier molecular flexibility index (Phi) is 3.65. The lowest BCUT2D eigenvalue weighted by atomic mass is 10.0. The van der Waals surface area contributed by atoms with E-state index in [4.69, 9.17) is 4.74 Å². The van der Waals surface area contributed by atoms with Crippen molar-refractivity contribution in [3.05, 3.63) is 71.9 Å². The average Bonchev–Trinajstić information content (AvgIpc) is 2.54. The van der Waals surface area contributed by atoms with E-state index in [1.807, 2.05) is 55.5 Å². The number of benzene rings is 2. The molecule has 0 saturated heterocycles. The predicted molar refractivity (Wildman–Crippen MR) is 82.8 cm³/mol. The van der Waals surface area contributed by atoms with E-state index in [1.54, 1.807) is 12.3 Å². The Bertz CT molecular complexity index is 796. The van der Waals surface area contributed by atoms with Crippen LogP contribution in [-0.4, -0.2) is 17.4 Å². The van der Waals surface area contributed by atoms with Gasteiger partial charge in [0.1, 0.15) is 5.75 Å². The highest BCUT2D eigenvalue weighted by Crippen LogP contribution is 2.22. The molecule has 1 aromatic heterocycles. The molecule has 0 amide bonds. The van der Waals surface area contributed by atoms with Crippen molar-refractivity contribution in [1.82, 2.24) is 4.98 Å². The van der Waals surface area contributed by atoms with Crippen LogP contribution in [0.1, 0.15) is 22.8 Å². The Morgan fingerprint density at radius 3 is 2.71 bits per heavy atom. The summed E-state index contributed by atoms with van der Waals surface area (Å²) in [6.45, 7) is 2.43. The van der Waals surface area contributed by atoms with Crippen molar-refractivity contribution in [2.45, 2.75) is 6.92 Å². The van der Waals surface area contributed by atoms with Crippen LogP contribution in [0.4, 0.5) is 0 Å². The fourth-order valence-corrected chi connectivity index (χ4v) is 2.29. The molecule has 0 aliphatic heterocycles. The van der Waals surface area contributed by atoms with Gasteiger partial charge in [-0.3, -0.25) is 9.78 Å². The first kappa shape index (κ1) is 13.3. The Balaban J connectivity index is 2.04. The number of ether oxygens (including phenoxy) is 1. The Hall–Kier alpha value is -2.68. The van der Waals surface area contributed by atoms with Gasteiger partial charge in [0.05, 0.1) is 17.7 Å². The van der Waals surface area contributed by atoms with Crippen LogP contribution < -0.4 is 4.74 Å². The van der Waals surface area contributed by atoms with Crippen molar-refractivity contribution in [3.63, 3.8) is 0 Å². The summed E-state index contributed by atoms with van der Waals surface area (Å²) in [5.41, 5.74) is 2.02. The van der Waals surface area contributed by atoms with Crippen LogP contribution in [0, 0.1) is 0 Å². The van der Waals surface area contributed by atoms with Gasteiger partial charge >= 0.3 is 0 Å². The minimum Gasteiger partial charge on any atom is -0.493 e. The van der Waals surface area contributed by atoms with Crippen LogP contribution in [0.15, 0.2) is 60.8 Å². The predicted octanol–water partition coefficient (Wildman–Crippen LogP) is 3.86. The second-order valence-electron chi connectivity index (χ2n) is 4.67. The fourth-order valence-electron chi connectivity index (χ4n) is 2.29. The van der Waals surface area contributed by atoms with E-state index in [0.29, 0.717) is 23.5 Å². The van der Waals surface area contributed by atoms with Crippen LogP contribution in [-0.2, 0) is 0 Å². The molecule has 3 rings (SSSR count). The van der Waals surface area contributed by atoms with Crippen LogP contribution >= 0.6 is 0 Å². The van der Waals surface area contributed by atoms with Crippen molar-refractivity contribution in [3.8, 4) is 5.75 Å². The number of rotatable bonds is 4. The lowest BCUT2D eigenvalue weighted by Gasteiger charge is -2.09. The molecule has 3 heteroatoms. The first-order valence-electron chi connectivity index (χ1n) is 6.91. The minimum atomic E-state index is -0.0719. The smallest absolute Gasteiger partial charge is 0.198 e. The first-order chi connectivity index (χ1) is 10.3. The highest BCUT2D eigenvalue weighted by Gasteiger charge is 2.14. The third-order valence-corrected chi connectivity index (χ3v) is 3.28. The molecule has 0 N–H and O–H groups in total. The normalized spacial score (nSPS) is 10.5. The quantitative estimate of drug-likeness (QED) is 0.680. The van der Waals surface area contributed by atoms with Gasteiger partial charge in [-0.1, -0.05) is 30.3 Å². The molecule has 2 aromatic carbocycles. The molecule has 0 saturated carbocycles. The molecule has 0 atom stereocenters. The van der Waals surface area contributed by atoms with Gasteiger partial charge in [0.2, 0.25) is 0 Å². The largest absolute Gasteiger partial charge is 0.493 e. The molecular formula is C18H15NO2. The highest BCUT2D eigenvalue weighted by molar-refractivity contribution is 6.11. The number of hydrogen-bond acceptors (Lipinski definition) is 3. The van der Waals surface area contributed by atoms with E-state index in [-0.39, 0.29) is 5.78 Å². The molecule has 0 radical (unpaired) electrons. The summed E-state index contributed by atoms with van der Waals surface area (Å²) < 4.78 is 5.53. The summed E-state index contributed by atoms with van der Waals surface area (Å²) in [6.07, 6.45) is 1.62. The first-order valence-corrected chi connectivity index (χ1v) is 6.91. The Morgan fingerprint density at radius 2 is 1.86 bits per heavy atom. The van der Waals surface area contributed by atoms with Gasteiger partial charge in [-0.15, -0.1) is 0 Å². The molecule has 3 nitrogen and oxygen atoms in total. The number of fused-ring (bicyclic) bond motifs is 1. The van der Waals surface area contributed by atoms with E-state index < -0.39 is 0 Å². The van der Waals surface area contributed by atoms with Crippen LogP contribution in [0.25, 0.3) is 10.9 Å². The van der Waals surface area contributed by atoms with Crippen LogP contribution in [0.5, 0.6) is 5.75 Å². The number of para-hydroxylation sites is 2. The molecule has 104 valence electrons. The maximum absolute atomic E-state index is 12.7.